The van der Waals surface area contributed by atoms with E-state index in [1.54, 1.807) is 29.5 Å². The molecule has 0 amide bonds. The van der Waals surface area contributed by atoms with Gasteiger partial charge in [-0.3, -0.25) is 0 Å². The summed E-state index contributed by atoms with van der Waals surface area (Å²) < 4.78 is 13.5. The molecular weight excluding hydrogens is 223 g/mol. The number of aryl methyl sites for hydroxylation is 2. The molecule has 2 aromatic rings. The zero-order valence-corrected chi connectivity index (χ0v) is 10.0. The van der Waals surface area contributed by atoms with Crippen LogP contribution >= 0.6 is 11.3 Å². The third kappa shape index (κ3) is 2.01. The first-order valence-corrected chi connectivity index (χ1v) is 5.90. The van der Waals surface area contributed by atoms with E-state index in [-0.39, 0.29) is 5.82 Å². The second-order valence-corrected chi connectivity index (χ2v) is 5.25. The Morgan fingerprint density at radius 2 is 1.88 bits per heavy atom. The van der Waals surface area contributed by atoms with Crippen molar-refractivity contribution in [3.63, 3.8) is 0 Å². The number of hydrogen-bond donors (Lipinski definition) is 1. The first kappa shape index (κ1) is 11.3. The summed E-state index contributed by atoms with van der Waals surface area (Å²) in [5, 5.41) is 10.1. The number of thiophene rings is 1. The monoisotopic (exact) mass is 236 g/mol. The van der Waals surface area contributed by atoms with Gasteiger partial charge in [-0.25, -0.2) is 4.39 Å². The van der Waals surface area contributed by atoms with Crippen molar-refractivity contribution in [1.29, 1.82) is 0 Å². The Kier molecular flexibility index (Phi) is 3.08. The lowest BCUT2D eigenvalue weighted by atomic mass is 10.0. The third-order valence-corrected chi connectivity index (χ3v) is 3.56. The number of rotatable bonds is 2. The van der Waals surface area contributed by atoms with Gasteiger partial charge in [0.25, 0.3) is 0 Å². The summed E-state index contributed by atoms with van der Waals surface area (Å²) >= 11 is 1.62. The molecule has 1 nitrogen and oxygen atoms in total. The Morgan fingerprint density at radius 1 is 1.19 bits per heavy atom. The molecule has 0 radical (unpaired) electrons. The molecule has 0 aliphatic rings. The average Bonchev–Trinajstić information content (AvgIpc) is 2.58. The third-order valence-electron chi connectivity index (χ3n) is 2.57. The number of aliphatic hydroxyl groups excluding tert-OH is 1. The maximum atomic E-state index is 13.5. The van der Waals surface area contributed by atoms with Crippen LogP contribution in [0.3, 0.4) is 0 Å². The molecule has 1 N–H and O–H groups in total. The maximum absolute atomic E-state index is 13.5. The number of benzene rings is 1. The van der Waals surface area contributed by atoms with Crippen molar-refractivity contribution in [3.8, 4) is 0 Å². The molecule has 3 heteroatoms. The molecule has 1 unspecified atom stereocenters. The second kappa shape index (κ2) is 4.36. The van der Waals surface area contributed by atoms with Gasteiger partial charge in [-0.05, 0) is 31.5 Å². The minimum Gasteiger partial charge on any atom is -0.384 e. The number of halogens is 1. The number of hydrogen-bond acceptors (Lipinski definition) is 2. The molecule has 0 bridgehead atoms. The van der Waals surface area contributed by atoms with Crippen molar-refractivity contribution in [2.24, 2.45) is 0 Å². The molecule has 0 fully saturated rings. The molecule has 0 spiro atoms. The highest BCUT2D eigenvalue weighted by Crippen LogP contribution is 2.31. The first-order chi connectivity index (χ1) is 7.59. The van der Waals surface area contributed by atoms with Gasteiger partial charge in [0.05, 0.1) is 0 Å². The van der Waals surface area contributed by atoms with E-state index in [4.69, 9.17) is 0 Å². The van der Waals surface area contributed by atoms with Crippen LogP contribution in [-0.4, -0.2) is 5.11 Å². The molecule has 1 atom stereocenters. The van der Waals surface area contributed by atoms with Gasteiger partial charge >= 0.3 is 0 Å². The lowest BCUT2D eigenvalue weighted by molar-refractivity contribution is 0.215. The van der Waals surface area contributed by atoms with E-state index in [0.717, 1.165) is 15.3 Å². The van der Waals surface area contributed by atoms with Crippen LogP contribution in [0.5, 0.6) is 0 Å². The summed E-state index contributed by atoms with van der Waals surface area (Å²) in [6.07, 6.45) is -0.869. The van der Waals surface area contributed by atoms with Gasteiger partial charge in [0.1, 0.15) is 11.9 Å². The van der Waals surface area contributed by atoms with Crippen molar-refractivity contribution >= 4 is 11.3 Å². The van der Waals surface area contributed by atoms with Gasteiger partial charge in [0.15, 0.2) is 0 Å². The average molecular weight is 236 g/mol. The van der Waals surface area contributed by atoms with Crippen LogP contribution in [0.4, 0.5) is 4.39 Å². The standard InChI is InChI=1S/C13H13FOS/c1-8-7-11(9(2)16-8)13(15)10-5-3-4-6-12(10)14/h3-7,13,15H,1-2H3. The Hall–Kier alpha value is -1.19. The molecule has 0 saturated carbocycles. The van der Waals surface area contributed by atoms with Crippen LogP contribution in [-0.2, 0) is 0 Å². The van der Waals surface area contributed by atoms with E-state index in [2.05, 4.69) is 0 Å². The number of aliphatic hydroxyl groups is 1. The van der Waals surface area contributed by atoms with E-state index < -0.39 is 6.10 Å². The van der Waals surface area contributed by atoms with E-state index in [1.807, 2.05) is 19.9 Å². The largest absolute Gasteiger partial charge is 0.384 e. The fourth-order valence-electron chi connectivity index (χ4n) is 1.79. The van der Waals surface area contributed by atoms with Crippen molar-refractivity contribution in [3.05, 3.63) is 57.0 Å². The second-order valence-electron chi connectivity index (χ2n) is 3.79. The molecule has 2 rings (SSSR count). The van der Waals surface area contributed by atoms with Crippen LogP contribution in [0.2, 0.25) is 0 Å². The van der Waals surface area contributed by atoms with E-state index in [1.165, 1.54) is 6.07 Å². The summed E-state index contributed by atoms with van der Waals surface area (Å²) in [7, 11) is 0. The SMILES string of the molecule is Cc1cc(C(O)c2ccccc2F)c(C)s1. The van der Waals surface area contributed by atoms with Gasteiger partial charge in [-0.1, -0.05) is 18.2 Å². The molecule has 1 heterocycles. The van der Waals surface area contributed by atoms with Crippen LogP contribution in [0, 0.1) is 19.7 Å². The van der Waals surface area contributed by atoms with Crippen LogP contribution < -0.4 is 0 Å². The quantitative estimate of drug-likeness (QED) is 0.845. The highest BCUT2D eigenvalue weighted by atomic mass is 32.1. The lowest BCUT2D eigenvalue weighted by Gasteiger charge is -2.11. The van der Waals surface area contributed by atoms with Gasteiger partial charge in [0.2, 0.25) is 0 Å². The van der Waals surface area contributed by atoms with Crippen molar-refractivity contribution in [2.45, 2.75) is 20.0 Å². The fraction of sp³-hybridized carbons (Fsp3) is 0.231. The highest BCUT2D eigenvalue weighted by molar-refractivity contribution is 7.12. The Labute approximate surface area is 98.2 Å². The van der Waals surface area contributed by atoms with Crippen molar-refractivity contribution in [1.82, 2.24) is 0 Å². The normalized spacial score (nSPS) is 12.8. The minimum absolute atomic E-state index is 0.336. The molecule has 1 aromatic carbocycles. The summed E-state index contributed by atoms with van der Waals surface area (Å²) in [5.41, 5.74) is 1.14. The predicted molar refractivity (Wildman–Crippen MR) is 64.3 cm³/mol. The molecule has 16 heavy (non-hydrogen) atoms. The van der Waals surface area contributed by atoms with E-state index in [9.17, 15) is 9.50 Å². The topological polar surface area (TPSA) is 20.2 Å². The smallest absolute Gasteiger partial charge is 0.129 e. The maximum Gasteiger partial charge on any atom is 0.129 e. The summed E-state index contributed by atoms with van der Waals surface area (Å²) in [6, 6.07) is 8.25. The van der Waals surface area contributed by atoms with Crippen molar-refractivity contribution in [2.75, 3.05) is 0 Å². The van der Waals surface area contributed by atoms with E-state index in [0.29, 0.717) is 5.56 Å². The zero-order valence-electron chi connectivity index (χ0n) is 9.20. The summed E-state index contributed by atoms with van der Waals surface area (Å²) in [6.45, 7) is 3.92. The molecule has 0 aliphatic heterocycles. The molecular formula is C13H13FOS. The van der Waals surface area contributed by atoms with Gasteiger partial charge < -0.3 is 5.11 Å². The Bertz CT molecular complexity index is 504. The Balaban J connectivity index is 2.43. The summed E-state index contributed by atoms with van der Waals surface area (Å²) in [4.78, 5) is 2.16. The summed E-state index contributed by atoms with van der Waals surface area (Å²) in [5.74, 6) is -0.363. The van der Waals surface area contributed by atoms with Crippen LogP contribution in [0.25, 0.3) is 0 Å². The first-order valence-electron chi connectivity index (χ1n) is 5.09. The predicted octanol–water partition coefficient (Wildman–Crippen LogP) is 3.59. The Morgan fingerprint density at radius 3 is 2.44 bits per heavy atom. The van der Waals surface area contributed by atoms with Gasteiger partial charge in [-0.15, -0.1) is 11.3 Å². The minimum atomic E-state index is -0.869. The van der Waals surface area contributed by atoms with Crippen LogP contribution in [0.15, 0.2) is 30.3 Å². The van der Waals surface area contributed by atoms with Crippen LogP contribution in [0.1, 0.15) is 27.0 Å². The van der Waals surface area contributed by atoms with Crippen molar-refractivity contribution < 1.29 is 9.50 Å². The fourth-order valence-corrected chi connectivity index (χ4v) is 2.74. The highest BCUT2D eigenvalue weighted by Gasteiger charge is 2.17. The molecule has 0 aliphatic carbocycles. The van der Waals surface area contributed by atoms with Gasteiger partial charge in [-0.2, -0.15) is 0 Å². The molecule has 84 valence electrons. The zero-order chi connectivity index (χ0) is 11.7. The van der Waals surface area contributed by atoms with E-state index >= 15 is 0 Å². The van der Waals surface area contributed by atoms with Gasteiger partial charge in [0, 0.05) is 15.3 Å². The molecule has 0 saturated heterocycles. The lowest BCUT2D eigenvalue weighted by Crippen LogP contribution is -2.02. The molecule has 1 aromatic heterocycles.